The van der Waals surface area contributed by atoms with E-state index in [1.54, 1.807) is 48.5 Å². The summed E-state index contributed by atoms with van der Waals surface area (Å²) in [4.78, 5) is 61.8. The highest BCUT2D eigenvalue weighted by atomic mass is 35.5. The largest absolute Gasteiger partial charge is 0.494 e. The Morgan fingerprint density at radius 2 is 1.00 bits per heavy atom. The van der Waals surface area contributed by atoms with Crippen molar-refractivity contribution in [3.05, 3.63) is 179 Å². The van der Waals surface area contributed by atoms with Crippen molar-refractivity contribution in [3.8, 4) is 33.8 Å². The molecule has 0 saturated heterocycles. The molecule has 2 amide bonds. The highest BCUT2D eigenvalue weighted by Crippen LogP contribution is 2.34. The van der Waals surface area contributed by atoms with Crippen LogP contribution in [0.25, 0.3) is 22.3 Å². The van der Waals surface area contributed by atoms with Gasteiger partial charge in [-0.1, -0.05) is 66.2 Å². The molecule has 14 nitrogen and oxygen atoms in total. The second-order valence-corrected chi connectivity index (χ2v) is 13.3. The summed E-state index contributed by atoms with van der Waals surface area (Å²) in [6.07, 6.45) is 4.49. The minimum atomic E-state index is -1.50. The maximum atomic E-state index is 14.8. The summed E-state index contributed by atoms with van der Waals surface area (Å²) in [5.41, 5.74) is -0.364. The number of aromatic carboxylic acids is 2. The molecule has 4 N–H and O–H groups in total. The SMILES string of the molecule is CCOc1cccc(-c2cc(F)c(NC(=O)c3nccnc3C(=O)O)c(Cl)c2)c1.O=C(O)c1nccnc1C(=O)Nc1c(F)cc(-c2cccc(OCc3ccccc3)c2)cc1F. The van der Waals surface area contributed by atoms with Crippen LogP contribution in [0.1, 0.15) is 54.4 Å². The molecule has 0 fully saturated rings. The first-order chi connectivity index (χ1) is 30.3. The molecule has 0 spiro atoms. The van der Waals surface area contributed by atoms with Gasteiger partial charge in [0.15, 0.2) is 22.8 Å². The number of anilines is 2. The Morgan fingerprint density at radius 3 is 1.48 bits per heavy atom. The number of ether oxygens (including phenoxy) is 2. The van der Waals surface area contributed by atoms with Gasteiger partial charge in [-0.2, -0.15) is 0 Å². The minimum absolute atomic E-state index is 0.0593. The normalized spacial score (nSPS) is 10.5. The van der Waals surface area contributed by atoms with E-state index in [-0.39, 0.29) is 16.3 Å². The lowest BCUT2D eigenvalue weighted by atomic mass is 10.0. The Kier molecular flexibility index (Phi) is 14.4. The van der Waals surface area contributed by atoms with Crippen molar-refractivity contribution >= 4 is 46.7 Å². The van der Waals surface area contributed by atoms with Crippen molar-refractivity contribution in [2.45, 2.75) is 13.5 Å². The molecule has 7 rings (SSSR count). The van der Waals surface area contributed by atoms with E-state index >= 15 is 0 Å². The first kappa shape index (κ1) is 44.4. The van der Waals surface area contributed by atoms with Gasteiger partial charge in [0, 0.05) is 24.8 Å². The van der Waals surface area contributed by atoms with Gasteiger partial charge in [-0.25, -0.2) is 42.7 Å². The van der Waals surface area contributed by atoms with Gasteiger partial charge in [-0.05, 0) is 83.3 Å². The minimum Gasteiger partial charge on any atom is -0.494 e. The second-order valence-electron chi connectivity index (χ2n) is 12.9. The Bertz CT molecular complexity index is 2790. The lowest BCUT2D eigenvalue weighted by Gasteiger charge is -2.12. The summed E-state index contributed by atoms with van der Waals surface area (Å²) in [5, 5.41) is 22.5. The summed E-state index contributed by atoms with van der Waals surface area (Å²) in [7, 11) is 0. The number of amides is 2. The third-order valence-electron chi connectivity index (χ3n) is 8.69. The number of hydrogen-bond donors (Lipinski definition) is 4. The van der Waals surface area contributed by atoms with Crippen molar-refractivity contribution in [1.29, 1.82) is 0 Å². The number of nitrogens with zero attached hydrogens (tertiary/aromatic N) is 4. The predicted molar refractivity (Wildman–Crippen MR) is 224 cm³/mol. The molecule has 318 valence electrons. The van der Waals surface area contributed by atoms with Gasteiger partial charge in [0.25, 0.3) is 11.8 Å². The molecule has 2 heterocycles. The summed E-state index contributed by atoms with van der Waals surface area (Å²) in [5.74, 6) is -6.70. The van der Waals surface area contributed by atoms with Crippen LogP contribution in [0.2, 0.25) is 5.02 Å². The van der Waals surface area contributed by atoms with E-state index in [1.807, 2.05) is 42.6 Å². The molecule has 18 heteroatoms. The summed E-state index contributed by atoms with van der Waals surface area (Å²) >= 11 is 6.18. The summed E-state index contributed by atoms with van der Waals surface area (Å²) < 4.78 is 55.4. The number of carboxylic acid groups (broad SMARTS) is 2. The highest BCUT2D eigenvalue weighted by molar-refractivity contribution is 6.34. The van der Waals surface area contributed by atoms with Crippen LogP contribution in [0.3, 0.4) is 0 Å². The molecule has 63 heavy (non-hydrogen) atoms. The molecule has 5 aromatic carbocycles. The Hall–Kier alpha value is -8.18. The molecule has 0 atom stereocenters. The van der Waals surface area contributed by atoms with E-state index in [0.29, 0.717) is 41.4 Å². The van der Waals surface area contributed by atoms with Crippen LogP contribution < -0.4 is 20.1 Å². The molecule has 0 bridgehead atoms. The number of hydrogen-bond acceptors (Lipinski definition) is 10. The first-order valence-electron chi connectivity index (χ1n) is 18.5. The molecule has 0 aliphatic carbocycles. The molecule has 0 aliphatic rings. The van der Waals surface area contributed by atoms with Crippen LogP contribution in [0.5, 0.6) is 11.5 Å². The van der Waals surface area contributed by atoms with Crippen LogP contribution >= 0.6 is 11.6 Å². The number of carboxylic acids is 2. The third-order valence-corrected chi connectivity index (χ3v) is 8.99. The van der Waals surface area contributed by atoms with Gasteiger partial charge >= 0.3 is 11.9 Å². The molecule has 2 aromatic heterocycles. The molecule has 0 saturated carbocycles. The fourth-order valence-electron chi connectivity index (χ4n) is 5.82. The number of rotatable bonds is 13. The number of halogens is 4. The van der Waals surface area contributed by atoms with Gasteiger partial charge in [-0.3, -0.25) is 9.59 Å². The van der Waals surface area contributed by atoms with E-state index in [0.717, 1.165) is 42.5 Å². The number of nitrogens with one attached hydrogen (secondary N) is 2. The molecule has 7 aromatic rings. The zero-order valence-corrected chi connectivity index (χ0v) is 33.4. The number of carbonyl (C=O) groups excluding carboxylic acids is 2. The van der Waals surface area contributed by atoms with E-state index < -0.39 is 69.7 Å². The lowest BCUT2D eigenvalue weighted by Crippen LogP contribution is -2.20. The number of carbonyl (C=O) groups is 4. The molecular weight excluding hydrogens is 845 g/mol. The van der Waals surface area contributed by atoms with Crippen molar-refractivity contribution in [1.82, 2.24) is 19.9 Å². The standard InChI is InChI=1S/C25H17F2N3O4.C20H15ClFN3O4/c26-19-12-17(16-7-4-8-18(11-16)34-14-15-5-2-1-3-6-15)13-20(27)21(19)30-24(31)22-23(25(32)33)29-10-9-28-22;1-2-29-13-5-3-4-11(8-13)12-9-14(21)16(15(22)10-12)25-19(26)17-18(20(27)28)24-7-6-23-17/h1-13H,14H2,(H,30,31)(H,32,33);3-10H,2H2,1H3,(H,25,26)(H,27,28). The quantitative estimate of drug-likeness (QED) is 0.0856. The maximum absolute atomic E-state index is 14.8. The molecule has 0 radical (unpaired) electrons. The second kappa shape index (κ2) is 20.4. The predicted octanol–water partition coefficient (Wildman–Crippen LogP) is 9.24. The average Bonchev–Trinajstić information content (AvgIpc) is 3.28. The zero-order valence-electron chi connectivity index (χ0n) is 32.7. The number of benzene rings is 5. The van der Waals surface area contributed by atoms with Crippen molar-refractivity contribution in [2.24, 2.45) is 0 Å². The van der Waals surface area contributed by atoms with Gasteiger partial charge < -0.3 is 30.3 Å². The van der Waals surface area contributed by atoms with E-state index in [4.69, 9.17) is 31.3 Å². The van der Waals surface area contributed by atoms with Crippen LogP contribution in [0.15, 0.2) is 128 Å². The van der Waals surface area contributed by atoms with Crippen LogP contribution in [0.4, 0.5) is 24.5 Å². The Labute approximate surface area is 361 Å². The first-order valence-corrected chi connectivity index (χ1v) is 18.9. The number of aromatic nitrogens is 4. The lowest BCUT2D eigenvalue weighted by molar-refractivity contribution is 0.0676. The summed E-state index contributed by atoms with van der Waals surface area (Å²) in [6.45, 7) is 2.68. The Morgan fingerprint density at radius 1 is 0.556 bits per heavy atom. The molecule has 0 unspecified atom stereocenters. The van der Waals surface area contributed by atoms with Gasteiger partial charge in [0.05, 0.1) is 17.3 Å². The summed E-state index contributed by atoms with van der Waals surface area (Å²) in [6, 6.07) is 28.1. The van der Waals surface area contributed by atoms with Gasteiger partial charge in [-0.15, -0.1) is 0 Å². The van der Waals surface area contributed by atoms with Gasteiger partial charge in [0.2, 0.25) is 0 Å². The smallest absolute Gasteiger partial charge is 0.356 e. The highest BCUT2D eigenvalue weighted by Gasteiger charge is 2.24. The van der Waals surface area contributed by atoms with E-state index in [1.165, 1.54) is 12.1 Å². The monoisotopic (exact) mass is 876 g/mol. The van der Waals surface area contributed by atoms with Crippen molar-refractivity contribution in [2.75, 3.05) is 17.2 Å². The zero-order chi connectivity index (χ0) is 45.0. The van der Waals surface area contributed by atoms with E-state index in [9.17, 15) is 32.3 Å². The average molecular weight is 877 g/mol. The fourth-order valence-corrected chi connectivity index (χ4v) is 6.08. The Balaban J connectivity index is 0.000000213. The van der Waals surface area contributed by atoms with Crippen molar-refractivity contribution < 1.29 is 52.0 Å². The van der Waals surface area contributed by atoms with Crippen molar-refractivity contribution in [3.63, 3.8) is 0 Å². The topological polar surface area (TPSA) is 203 Å². The molecule has 0 aliphatic heterocycles. The van der Waals surface area contributed by atoms with E-state index in [2.05, 4.69) is 25.3 Å². The van der Waals surface area contributed by atoms with Crippen LogP contribution in [-0.2, 0) is 6.61 Å². The maximum Gasteiger partial charge on any atom is 0.356 e. The fraction of sp³-hybridized carbons (Fsp3) is 0.0667. The van der Waals surface area contributed by atoms with Crippen LogP contribution in [-0.4, -0.2) is 60.5 Å². The molecular formula is C45H32ClF3N6O8. The van der Waals surface area contributed by atoms with Gasteiger partial charge in [0.1, 0.15) is 41.2 Å². The third kappa shape index (κ3) is 11.2. The van der Waals surface area contributed by atoms with Crippen LogP contribution in [0, 0.1) is 17.5 Å².